The minimum atomic E-state index is 0.316. The lowest BCUT2D eigenvalue weighted by atomic mass is 9.74. The second-order valence-electron chi connectivity index (χ2n) is 6.46. The highest BCUT2D eigenvalue weighted by Crippen LogP contribution is 2.37. The summed E-state index contributed by atoms with van der Waals surface area (Å²) in [6, 6.07) is 2.72. The van der Waals surface area contributed by atoms with Gasteiger partial charge in [0.2, 0.25) is 0 Å². The van der Waals surface area contributed by atoms with E-state index in [9.17, 15) is 0 Å². The highest BCUT2D eigenvalue weighted by Gasteiger charge is 2.41. The van der Waals surface area contributed by atoms with Crippen LogP contribution < -0.4 is 5.32 Å². The Bertz CT molecular complexity index is 424. The van der Waals surface area contributed by atoms with Crippen molar-refractivity contribution >= 4 is 27.3 Å². The van der Waals surface area contributed by atoms with Crippen LogP contribution in [0.4, 0.5) is 0 Å². The van der Waals surface area contributed by atoms with Crippen LogP contribution in [0.3, 0.4) is 0 Å². The van der Waals surface area contributed by atoms with E-state index < -0.39 is 0 Å². The first-order valence-electron chi connectivity index (χ1n) is 8.23. The third kappa shape index (κ3) is 4.10. The molecule has 1 aromatic rings. The van der Waals surface area contributed by atoms with E-state index in [1.54, 1.807) is 0 Å². The lowest BCUT2D eigenvalue weighted by Gasteiger charge is -2.49. The molecule has 0 bridgehead atoms. The van der Waals surface area contributed by atoms with Gasteiger partial charge in [-0.05, 0) is 67.3 Å². The number of hydrogen-bond acceptors (Lipinski definition) is 3. The molecule has 1 aliphatic carbocycles. The molecule has 1 aliphatic rings. The van der Waals surface area contributed by atoms with E-state index in [1.807, 2.05) is 11.3 Å². The molecule has 0 aromatic carbocycles. The zero-order chi connectivity index (χ0) is 15.3. The van der Waals surface area contributed by atoms with Crippen LogP contribution in [-0.4, -0.2) is 37.1 Å². The minimum Gasteiger partial charge on any atom is -0.312 e. The zero-order valence-corrected chi connectivity index (χ0v) is 16.0. The van der Waals surface area contributed by atoms with Crippen LogP contribution in [0, 0.1) is 0 Å². The fourth-order valence-electron chi connectivity index (χ4n) is 3.70. The van der Waals surface area contributed by atoms with Gasteiger partial charge in [-0.25, -0.2) is 0 Å². The first-order valence-corrected chi connectivity index (χ1v) is 9.90. The van der Waals surface area contributed by atoms with Crippen molar-refractivity contribution in [1.29, 1.82) is 0 Å². The van der Waals surface area contributed by atoms with E-state index in [2.05, 4.69) is 58.6 Å². The molecule has 4 heteroatoms. The summed E-state index contributed by atoms with van der Waals surface area (Å²) in [6.45, 7) is 3.37. The fourth-order valence-corrected chi connectivity index (χ4v) is 5.26. The highest BCUT2D eigenvalue weighted by molar-refractivity contribution is 9.10. The molecule has 2 nitrogen and oxygen atoms in total. The molecule has 0 radical (unpaired) electrons. The summed E-state index contributed by atoms with van der Waals surface area (Å²) in [4.78, 5) is 3.98. The van der Waals surface area contributed by atoms with Gasteiger partial charge in [0.05, 0.1) is 0 Å². The van der Waals surface area contributed by atoms with Gasteiger partial charge in [0.1, 0.15) is 0 Å². The second-order valence-corrected chi connectivity index (χ2v) is 8.32. The number of nitrogens with one attached hydrogen (secondary N) is 1. The zero-order valence-electron chi connectivity index (χ0n) is 13.6. The maximum atomic E-state index is 3.87. The normalized spacial score (nSPS) is 19.9. The first kappa shape index (κ1) is 17.5. The van der Waals surface area contributed by atoms with Gasteiger partial charge >= 0.3 is 0 Å². The minimum absolute atomic E-state index is 0.316. The Balaban J connectivity index is 2.21. The molecule has 0 saturated heterocycles. The Labute approximate surface area is 142 Å². The number of nitrogens with zero attached hydrogens (tertiary/aromatic N) is 1. The van der Waals surface area contributed by atoms with Gasteiger partial charge in [-0.3, -0.25) is 0 Å². The van der Waals surface area contributed by atoms with Crippen molar-refractivity contribution in [2.45, 2.75) is 63.5 Å². The Kier molecular flexibility index (Phi) is 6.73. The summed E-state index contributed by atoms with van der Waals surface area (Å²) in [5, 5.41) is 6.06. The van der Waals surface area contributed by atoms with Crippen LogP contribution in [0.1, 0.15) is 50.3 Å². The third-order valence-corrected chi connectivity index (χ3v) is 6.93. The van der Waals surface area contributed by atoms with Gasteiger partial charge in [0.15, 0.2) is 0 Å². The number of likely N-dealkylation sites (N-methyl/N-ethyl adjacent to an activating group) is 1. The maximum Gasteiger partial charge on any atom is 0.0359 e. The quantitative estimate of drug-likeness (QED) is 0.746. The molecule has 120 valence electrons. The van der Waals surface area contributed by atoms with Crippen LogP contribution >= 0.6 is 27.3 Å². The Hall–Kier alpha value is 0.1000. The topological polar surface area (TPSA) is 15.3 Å². The monoisotopic (exact) mass is 372 g/mol. The first-order chi connectivity index (χ1) is 10.1. The van der Waals surface area contributed by atoms with Crippen molar-refractivity contribution in [3.8, 4) is 0 Å². The number of hydrogen-bond donors (Lipinski definition) is 1. The molecule has 2 rings (SSSR count). The number of thiophene rings is 1. The smallest absolute Gasteiger partial charge is 0.0359 e. The van der Waals surface area contributed by atoms with Crippen LogP contribution in [0.25, 0.3) is 0 Å². The van der Waals surface area contributed by atoms with E-state index >= 15 is 0 Å². The van der Waals surface area contributed by atoms with E-state index in [1.165, 1.54) is 47.9 Å². The molecular weight excluding hydrogens is 344 g/mol. The molecule has 1 fully saturated rings. The standard InChI is InChI=1S/C17H29BrN2S/c1-4-11-19-16(13-15-14(18)8-12-21-15)17(20(2)3)9-6-5-7-10-17/h8,12,16,19H,4-7,9-11,13H2,1-3H3. The molecule has 1 heterocycles. The average Bonchev–Trinajstić information content (AvgIpc) is 2.89. The number of rotatable bonds is 7. The summed E-state index contributed by atoms with van der Waals surface area (Å²) in [6.07, 6.45) is 9.12. The van der Waals surface area contributed by atoms with Crippen molar-refractivity contribution in [2.75, 3.05) is 20.6 Å². The summed E-state index contributed by atoms with van der Waals surface area (Å²) in [5.74, 6) is 0. The molecule has 1 saturated carbocycles. The SMILES string of the molecule is CCCNC(Cc1sccc1Br)C1(N(C)C)CCCCC1. The van der Waals surface area contributed by atoms with Crippen LogP contribution in [-0.2, 0) is 6.42 Å². The molecule has 0 aliphatic heterocycles. The summed E-state index contributed by atoms with van der Waals surface area (Å²) >= 11 is 5.59. The molecule has 1 aromatic heterocycles. The van der Waals surface area contributed by atoms with E-state index in [4.69, 9.17) is 0 Å². The third-order valence-electron chi connectivity index (χ3n) is 4.98. The average molecular weight is 373 g/mol. The van der Waals surface area contributed by atoms with Crippen molar-refractivity contribution in [2.24, 2.45) is 0 Å². The van der Waals surface area contributed by atoms with Crippen molar-refractivity contribution in [3.05, 3.63) is 20.8 Å². The molecule has 1 N–H and O–H groups in total. The number of halogens is 1. The lowest BCUT2D eigenvalue weighted by molar-refractivity contribution is 0.0571. The van der Waals surface area contributed by atoms with Gasteiger partial charge in [0.25, 0.3) is 0 Å². The molecular formula is C17H29BrN2S. The summed E-state index contributed by atoms with van der Waals surface area (Å²) < 4.78 is 1.28. The highest BCUT2D eigenvalue weighted by atomic mass is 79.9. The molecule has 1 unspecified atom stereocenters. The van der Waals surface area contributed by atoms with Gasteiger partial charge in [-0.15, -0.1) is 11.3 Å². The Morgan fingerprint density at radius 1 is 1.33 bits per heavy atom. The Morgan fingerprint density at radius 2 is 2.05 bits per heavy atom. The van der Waals surface area contributed by atoms with Crippen LogP contribution in [0.2, 0.25) is 0 Å². The predicted molar refractivity (Wildman–Crippen MR) is 97.3 cm³/mol. The summed E-state index contributed by atoms with van der Waals surface area (Å²) in [5.41, 5.74) is 0.316. The molecule has 0 spiro atoms. The molecule has 21 heavy (non-hydrogen) atoms. The second kappa shape index (κ2) is 8.09. The van der Waals surface area contributed by atoms with Crippen LogP contribution in [0.15, 0.2) is 15.9 Å². The van der Waals surface area contributed by atoms with Crippen molar-refractivity contribution < 1.29 is 0 Å². The Morgan fingerprint density at radius 3 is 2.57 bits per heavy atom. The lowest BCUT2D eigenvalue weighted by Crippen LogP contribution is -2.60. The predicted octanol–water partition coefficient (Wildman–Crippen LogP) is 4.69. The van der Waals surface area contributed by atoms with E-state index in [-0.39, 0.29) is 0 Å². The molecule has 0 amide bonds. The van der Waals surface area contributed by atoms with Crippen LogP contribution in [0.5, 0.6) is 0 Å². The summed E-state index contributed by atoms with van der Waals surface area (Å²) in [7, 11) is 4.55. The maximum absolute atomic E-state index is 3.87. The van der Waals surface area contributed by atoms with Gasteiger partial charge < -0.3 is 10.2 Å². The van der Waals surface area contributed by atoms with Gasteiger partial charge in [-0.1, -0.05) is 26.2 Å². The molecule has 1 atom stereocenters. The van der Waals surface area contributed by atoms with Crippen molar-refractivity contribution in [1.82, 2.24) is 10.2 Å². The fraction of sp³-hybridized carbons (Fsp3) is 0.765. The van der Waals surface area contributed by atoms with Gasteiger partial charge in [0, 0.05) is 27.4 Å². The largest absolute Gasteiger partial charge is 0.312 e. The van der Waals surface area contributed by atoms with E-state index in [0.717, 1.165) is 13.0 Å². The van der Waals surface area contributed by atoms with Crippen molar-refractivity contribution in [3.63, 3.8) is 0 Å². The van der Waals surface area contributed by atoms with E-state index in [0.29, 0.717) is 11.6 Å². The van der Waals surface area contributed by atoms with Gasteiger partial charge in [-0.2, -0.15) is 0 Å².